The first kappa shape index (κ1) is 19.7. The Morgan fingerprint density at radius 1 is 1.10 bits per heavy atom. The highest BCUT2D eigenvalue weighted by Crippen LogP contribution is 2.21. The highest BCUT2D eigenvalue weighted by atomic mass is 16.2. The molecule has 4 rings (SSSR count). The van der Waals surface area contributed by atoms with Crippen LogP contribution in [0.5, 0.6) is 0 Å². The summed E-state index contributed by atoms with van der Waals surface area (Å²) >= 11 is 0. The van der Waals surface area contributed by atoms with Crippen molar-refractivity contribution < 1.29 is 4.79 Å². The maximum absolute atomic E-state index is 12.9. The summed E-state index contributed by atoms with van der Waals surface area (Å²) in [6, 6.07) is 15.1. The summed E-state index contributed by atoms with van der Waals surface area (Å²) in [6.45, 7) is 8.51. The predicted octanol–water partition coefficient (Wildman–Crippen LogP) is 3.80. The maximum Gasteiger partial charge on any atom is 0.350 e. The molecule has 7 heteroatoms. The quantitative estimate of drug-likeness (QED) is 0.551. The van der Waals surface area contributed by atoms with Gasteiger partial charge in [0.1, 0.15) is 0 Å². The van der Waals surface area contributed by atoms with Gasteiger partial charge in [0.05, 0.1) is 12.1 Å². The Labute approximate surface area is 174 Å². The number of hydrogen-bond acceptors (Lipinski definition) is 3. The molecular formula is C23H25N5O2. The van der Waals surface area contributed by atoms with Crippen molar-refractivity contribution in [2.24, 2.45) is 0 Å². The molecule has 1 amide bonds. The average molecular weight is 403 g/mol. The molecule has 154 valence electrons. The van der Waals surface area contributed by atoms with Gasteiger partial charge in [-0.2, -0.15) is 0 Å². The number of nitrogens with zero attached hydrogens (tertiary/aromatic N) is 4. The lowest BCUT2D eigenvalue weighted by Gasteiger charge is -2.13. The van der Waals surface area contributed by atoms with Crippen molar-refractivity contribution in [3.63, 3.8) is 0 Å². The third-order valence-electron chi connectivity index (χ3n) is 5.25. The number of carbonyl (C=O) groups is 1. The summed E-state index contributed by atoms with van der Waals surface area (Å²) in [5.74, 6) is -0.142. The smallest absolute Gasteiger partial charge is 0.346 e. The molecule has 0 aliphatic carbocycles. The Bertz CT molecular complexity index is 1290. The van der Waals surface area contributed by atoms with Crippen molar-refractivity contribution in [1.82, 2.24) is 18.7 Å². The third kappa shape index (κ3) is 3.54. The van der Waals surface area contributed by atoms with Crippen molar-refractivity contribution in [2.75, 3.05) is 5.32 Å². The van der Waals surface area contributed by atoms with Gasteiger partial charge in [0, 0.05) is 29.3 Å². The monoisotopic (exact) mass is 403 g/mol. The summed E-state index contributed by atoms with van der Waals surface area (Å²) in [5, 5.41) is 7.34. The summed E-state index contributed by atoms with van der Waals surface area (Å²) < 4.78 is 5.09. The Morgan fingerprint density at radius 3 is 2.60 bits per heavy atom. The van der Waals surface area contributed by atoms with E-state index >= 15 is 0 Å². The fourth-order valence-electron chi connectivity index (χ4n) is 3.99. The average Bonchev–Trinajstić information content (AvgIpc) is 3.18. The topological polar surface area (TPSA) is 73.3 Å². The second-order valence-corrected chi connectivity index (χ2v) is 7.77. The zero-order valence-electron chi connectivity index (χ0n) is 17.6. The van der Waals surface area contributed by atoms with Gasteiger partial charge in [-0.25, -0.2) is 9.48 Å². The molecule has 4 aromatic rings. The van der Waals surface area contributed by atoms with Crippen LogP contribution < -0.4 is 11.0 Å². The number of carbonyl (C=O) groups excluding carboxylic acids is 1. The van der Waals surface area contributed by atoms with Crippen molar-refractivity contribution >= 4 is 17.2 Å². The second-order valence-electron chi connectivity index (χ2n) is 7.77. The van der Waals surface area contributed by atoms with E-state index in [9.17, 15) is 9.59 Å². The molecule has 0 saturated carbocycles. The van der Waals surface area contributed by atoms with Crippen LogP contribution in [0.1, 0.15) is 47.2 Å². The minimum atomic E-state index is -0.193. The van der Waals surface area contributed by atoms with Gasteiger partial charge in [-0.15, -0.1) is 5.10 Å². The van der Waals surface area contributed by atoms with Crippen LogP contribution in [0.4, 0.5) is 5.69 Å². The summed E-state index contributed by atoms with van der Waals surface area (Å²) in [6.07, 6.45) is 1.70. The van der Waals surface area contributed by atoms with Crippen molar-refractivity contribution in [2.45, 2.75) is 40.3 Å². The van der Waals surface area contributed by atoms with E-state index in [1.54, 1.807) is 18.3 Å². The molecule has 7 nitrogen and oxygen atoms in total. The molecule has 0 atom stereocenters. The first-order valence-corrected chi connectivity index (χ1v) is 9.98. The van der Waals surface area contributed by atoms with Crippen molar-refractivity contribution in [3.8, 4) is 0 Å². The summed E-state index contributed by atoms with van der Waals surface area (Å²) in [7, 11) is 0. The Kier molecular flexibility index (Phi) is 5.03. The number of nitrogens with one attached hydrogen (secondary N) is 1. The van der Waals surface area contributed by atoms with Crippen LogP contribution in [-0.2, 0) is 6.54 Å². The van der Waals surface area contributed by atoms with E-state index in [2.05, 4.69) is 28.8 Å². The van der Waals surface area contributed by atoms with Gasteiger partial charge in [-0.1, -0.05) is 18.2 Å². The van der Waals surface area contributed by atoms with Crippen LogP contribution in [0.2, 0.25) is 0 Å². The molecule has 0 unspecified atom stereocenters. The third-order valence-corrected chi connectivity index (χ3v) is 5.25. The van der Waals surface area contributed by atoms with Gasteiger partial charge in [0.15, 0.2) is 5.65 Å². The van der Waals surface area contributed by atoms with E-state index < -0.39 is 0 Å². The van der Waals surface area contributed by atoms with Crippen LogP contribution in [0, 0.1) is 13.8 Å². The largest absolute Gasteiger partial charge is 0.350 e. The second kappa shape index (κ2) is 7.67. The van der Waals surface area contributed by atoms with Gasteiger partial charge >= 0.3 is 5.69 Å². The molecule has 0 spiro atoms. The normalized spacial score (nSPS) is 11.4. The molecular weight excluding hydrogens is 378 g/mol. The standard InChI is InChI=1S/C23H25N5O2/c1-15(2)28-16(3)12-20(17(28)4)22(29)24-19-9-7-8-18(13-19)14-27-23(30)26-11-6-5-10-21(26)25-27/h5-13,15H,14H2,1-4H3,(H,24,29). The first-order valence-electron chi connectivity index (χ1n) is 9.98. The minimum Gasteiger partial charge on any atom is -0.346 e. The van der Waals surface area contributed by atoms with Crippen molar-refractivity contribution in [3.05, 3.63) is 87.7 Å². The van der Waals surface area contributed by atoms with Crippen molar-refractivity contribution in [1.29, 1.82) is 0 Å². The van der Waals surface area contributed by atoms with Crippen LogP contribution in [0.15, 0.2) is 59.5 Å². The first-order chi connectivity index (χ1) is 14.3. The van der Waals surface area contributed by atoms with Gasteiger partial charge in [-0.05, 0) is 63.6 Å². The number of aromatic nitrogens is 4. The number of hydrogen-bond donors (Lipinski definition) is 1. The molecule has 1 N–H and O–H groups in total. The van der Waals surface area contributed by atoms with Crippen LogP contribution in [0.3, 0.4) is 0 Å². The SMILES string of the molecule is Cc1cc(C(=O)Nc2cccc(Cn3nc4ccccn4c3=O)c2)c(C)n1C(C)C. The van der Waals surface area contributed by atoms with E-state index in [4.69, 9.17) is 0 Å². The maximum atomic E-state index is 12.9. The van der Waals surface area contributed by atoms with Gasteiger partial charge in [-0.3, -0.25) is 9.20 Å². The van der Waals surface area contributed by atoms with Crippen LogP contribution >= 0.6 is 0 Å². The molecule has 1 aromatic carbocycles. The van der Waals surface area contributed by atoms with Gasteiger partial charge < -0.3 is 9.88 Å². The molecule has 3 aromatic heterocycles. The molecule has 0 radical (unpaired) electrons. The number of pyridine rings is 1. The number of amides is 1. The minimum absolute atomic E-state index is 0.142. The molecule has 3 heterocycles. The molecule has 0 saturated heterocycles. The summed E-state index contributed by atoms with van der Waals surface area (Å²) in [4.78, 5) is 25.4. The van der Waals surface area contributed by atoms with E-state index in [0.29, 0.717) is 29.5 Å². The zero-order chi connectivity index (χ0) is 21.4. The predicted molar refractivity (Wildman–Crippen MR) is 117 cm³/mol. The number of rotatable bonds is 5. The number of anilines is 1. The van der Waals surface area contributed by atoms with E-state index in [1.807, 2.05) is 50.2 Å². The van der Waals surface area contributed by atoms with E-state index in [0.717, 1.165) is 17.0 Å². The van der Waals surface area contributed by atoms with Crippen LogP contribution in [0.25, 0.3) is 5.65 Å². The molecule has 0 fully saturated rings. The van der Waals surface area contributed by atoms with E-state index in [1.165, 1.54) is 9.08 Å². The summed E-state index contributed by atoms with van der Waals surface area (Å²) in [5.41, 5.74) is 4.66. The number of benzene rings is 1. The van der Waals surface area contributed by atoms with E-state index in [-0.39, 0.29) is 11.6 Å². The highest BCUT2D eigenvalue weighted by Gasteiger charge is 2.17. The molecule has 0 aliphatic rings. The Hall–Kier alpha value is -3.61. The lowest BCUT2D eigenvalue weighted by Crippen LogP contribution is -2.21. The fourth-order valence-corrected chi connectivity index (χ4v) is 3.99. The Balaban J connectivity index is 1.56. The van der Waals surface area contributed by atoms with Gasteiger partial charge in [0.25, 0.3) is 5.91 Å². The van der Waals surface area contributed by atoms with Gasteiger partial charge in [0.2, 0.25) is 0 Å². The van der Waals surface area contributed by atoms with Crippen LogP contribution in [-0.4, -0.2) is 24.7 Å². The molecule has 30 heavy (non-hydrogen) atoms. The molecule has 0 bridgehead atoms. The Morgan fingerprint density at radius 2 is 1.90 bits per heavy atom. The molecule has 0 aliphatic heterocycles. The number of fused-ring (bicyclic) bond motifs is 1. The fraction of sp³-hybridized carbons (Fsp3) is 0.261. The zero-order valence-corrected chi connectivity index (χ0v) is 17.6. The lowest BCUT2D eigenvalue weighted by atomic mass is 10.2. The lowest BCUT2D eigenvalue weighted by molar-refractivity contribution is 0.102. The number of aryl methyl sites for hydroxylation is 1. The highest BCUT2D eigenvalue weighted by molar-refractivity contribution is 6.05.